The molecule has 0 bridgehead atoms. The van der Waals surface area contributed by atoms with Crippen LogP contribution < -0.4 is 5.32 Å². The van der Waals surface area contributed by atoms with Crippen LogP contribution in [-0.2, 0) is 4.79 Å². The number of nitrogens with zero attached hydrogens (tertiary/aromatic N) is 2. The van der Waals surface area contributed by atoms with Gasteiger partial charge in [0.2, 0.25) is 5.91 Å². The van der Waals surface area contributed by atoms with Gasteiger partial charge in [-0.2, -0.15) is 0 Å². The third kappa shape index (κ3) is 3.67. The van der Waals surface area contributed by atoms with Crippen LogP contribution >= 0.6 is 0 Å². The number of aliphatic imine (C=N–C) groups is 1. The SMILES string of the molecule is CC(=O)N1CCC2(CC1)N=C(c1ccccc1O)C[C@H](c1ccc(C)cc1)N2. The number of likely N-dealkylation sites (tertiary alicyclic amines) is 1. The number of benzene rings is 2. The van der Waals surface area contributed by atoms with E-state index in [1.54, 1.807) is 13.0 Å². The van der Waals surface area contributed by atoms with Crippen molar-refractivity contribution in [2.24, 2.45) is 4.99 Å². The van der Waals surface area contributed by atoms with Crippen LogP contribution in [0.4, 0.5) is 0 Å². The van der Waals surface area contributed by atoms with E-state index in [-0.39, 0.29) is 17.7 Å². The lowest BCUT2D eigenvalue weighted by molar-refractivity contribution is -0.130. The second-order valence-corrected chi connectivity index (χ2v) is 7.93. The molecule has 0 unspecified atom stereocenters. The summed E-state index contributed by atoms with van der Waals surface area (Å²) in [5, 5.41) is 14.2. The first-order chi connectivity index (χ1) is 13.5. The van der Waals surface area contributed by atoms with E-state index in [9.17, 15) is 9.90 Å². The Kier molecular flexibility index (Phi) is 4.94. The van der Waals surface area contributed by atoms with Crippen LogP contribution in [-0.4, -0.2) is 40.4 Å². The van der Waals surface area contributed by atoms with Gasteiger partial charge < -0.3 is 10.0 Å². The summed E-state index contributed by atoms with van der Waals surface area (Å²) in [6, 6.07) is 16.1. The zero-order chi connectivity index (χ0) is 19.7. The molecule has 28 heavy (non-hydrogen) atoms. The van der Waals surface area contributed by atoms with E-state index >= 15 is 0 Å². The molecule has 2 N–H and O–H groups in total. The van der Waals surface area contributed by atoms with Crippen LogP contribution in [0.25, 0.3) is 0 Å². The number of aromatic hydroxyl groups is 1. The molecule has 0 radical (unpaired) electrons. The van der Waals surface area contributed by atoms with Crippen molar-refractivity contribution in [3.63, 3.8) is 0 Å². The molecular formula is C23H27N3O2. The fourth-order valence-corrected chi connectivity index (χ4v) is 4.24. The quantitative estimate of drug-likeness (QED) is 0.841. The highest BCUT2D eigenvalue weighted by atomic mass is 16.3. The summed E-state index contributed by atoms with van der Waals surface area (Å²) in [5.41, 5.74) is 3.78. The molecule has 4 rings (SSSR count). The molecule has 2 aliphatic heterocycles. The van der Waals surface area contributed by atoms with E-state index < -0.39 is 5.66 Å². The number of rotatable bonds is 2. The van der Waals surface area contributed by atoms with Gasteiger partial charge in [-0.05, 0) is 24.6 Å². The van der Waals surface area contributed by atoms with Crippen LogP contribution in [0.2, 0.25) is 0 Å². The maximum atomic E-state index is 11.8. The molecule has 5 heteroatoms. The number of phenolic OH excluding ortho intramolecular Hbond substituents is 1. The van der Waals surface area contributed by atoms with Crippen molar-refractivity contribution in [1.82, 2.24) is 10.2 Å². The average molecular weight is 377 g/mol. The number of carbonyl (C=O) groups excluding carboxylic acids is 1. The van der Waals surface area contributed by atoms with Crippen LogP contribution in [0.15, 0.2) is 53.5 Å². The highest BCUT2D eigenvalue weighted by Crippen LogP contribution is 2.36. The van der Waals surface area contributed by atoms with E-state index in [2.05, 4.69) is 36.5 Å². The highest BCUT2D eigenvalue weighted by Gasteiger charge is 2.40. The molecule has 1 fully saturated rings. The van der Waals surface area contributed by atoms with Crippen LogP contribution in [0.5, 0.6) is 5.75 Å². The summed E-state index contributed by atoms with van der Waals surface area (Å²) in [4.78, 5) is 18.7. The van der Waals surface area contributed by atoms with Gasteiger partial charge in [-0.15, -0.1) is 0 Å². The third-order valence-electron chi connectivity index (χ3n) is 5.92. The number of hydrogen-bond acceptors (Lipinski definition) is 4. The summed E-state index contributed by atoms with van der Waals surface area (Å²) in [6.07, 6.45) is 2.26. The van der Waals surface area contributed by atoms with Gasteiger partial charge in [-0.25, -0.2) is 0 Å². The first-order valence-corrected chi connectivity index (χ1v) is 9.93. The smallest absolute Gasteiger partial charge is 0.219 e. The molecule has 0 saturated carbocycles. The zero-order valence-electron chi connectivity index (χ0n) is 16.5. The van der Waals surface area contributed by atoms with Gasteiger partial charge >= 0.3 is 0 Å². The Morgan fingerprint density at radius 2 is 1.82 bits per heavy atom. The van der Waals surface area contributed by atoms with Gasteiger partial charge in [0.05, 0.1) is 0 Å². The van der Waals surface area contributed by atoms with Crippen molar-refractivity contribution >= 4 is 11.6 Å². The lowest BCUT2D eigenvalue weighted by Crippen LogP contribution is -2.56. The molecule has 1 spiro atoms. The van der Waals surface area contributed by atoms with Gasteiger partial charge in [0.1, 0.15) is 11.4 Å². The monoisotopic (exact) mass is 377 g/mol. The van der Waals surface area contributed by atoms with Gasteiger partial charge in [0.15, 0.2) is 0 Å². The standard InChI is InChI=1S/C23H27N3O2/c1-16-7-9-18(10-8-16)20-15-21(19-5-3-4-6-22(19)28)25-23(24-20)11-13-26(14-12-23)17(2)27/h3-10,20,24,28H,11-15H2,1-2H3/t20-/m1/s1. The largest absolute Gasteiger partial charge is 0.507 e. The summed E-state index contributed by atoms with van der Waals surface area (Å²) < 4.78 is 0. The number of phenols is 1. The molecule has 2 aromatic carbocycles. The van der Waals surface area contributed by atoms with Gasteiger partial charge in [-0.1, -0.05) is 42.0 Å². The van der Waals surface area contributed by atoms with Crippen molar-refractivity contribution in [2.45, 2.75) is 44.8 Å². The molecule has 1 amide bonds. The zero-order valence-corrected chi connectivity index (χ0v) is 16.5. The Bertz CT molecular complexity index is 896. The Hall–Kier alpha value is -2.66. The Labute approximate surface area is 166 Å². The van der Waals surface area contributed by atoms with E-state index in [0.29, 0.717) is 13.1 Å². The Balaban J connectivity index is 1.70. The number of amides is 1. The summed E-state index contributed by atoms with van der Waals surface area (Å²) in [5.74, 6) is 0.382. The first-order valence-electron chi connectivity index (χ1n) is 9.93. The number of hydrogen-bond donors (Lipinski definition) is 2. The van der Waals surface area contributed by atoms with Crippen LogP contribution in [0.1, 0.15) is 48.9 Å². The van der Waals surface area contributed by atoms with Crippen molar-refractivity contribution in [1.29, 1.82) is 0 Å². The van der Waals surface area contributed by atoms with E-state index in [1.807, 2.05) is 23.1 Å². The van der Waals surface area contributed by atoms with Crippen molar-refractivity contribution < 1.29 is 9.90 Å². The molecule has 2 heterocycles. The number of para-hydroxylation sites is 1. The summed E-state index contributed by atoms with van der Waals surface area (Å²) >= 11 is 0. The fourth-order valence-electron chi connectivity index (χ4n) is 4.24. The molecule has 2 aromatic rings. The predicted octanol–water partition coefficient (Wildman–Crippen LogP) is 3.56. The summed E-state index contributed by atoms with van der Waals surface area (Å²) in [6.45, 7) is 5.10. The average Bonchev–Trinajstić information content (AvgIpc) is 2.69. The van der Waals surface area contributed by atoms with Crippen LogP contribution in [0.3, 0.4) is 0 Å². The second-order valence-electron chi connectivity index (χ2n) is 7.93. The van der Waals surface area contributed by atoms with Crippen molar-refractivity contribution in [3.8, 4) is 5.75 Å². The molecule has 2 aliphatic rings. The van der Waals surface area contributed by atoms with Gasteiger partial charge in [-0.3, -0.25) is 15.1 Å². The molecule has 146 valence electrons. The molecule has 0 aromatic heterocycles. The Morgan fingerprint density at radius 3 is 2.46 bits per heavy atom. The van der Waals surface area contributed by atoms with Crippen molar-refractivity contribution in [2.75, 3.05) is 13.1 Å². The highest BCUT2D eigenvalue weighted by molar-refractivity contribution is 6.03. The lowest BCUT2D eigenvalue weighted by atomic mass is 9.87. The first kappa shape index (κ1) is 18.7. The summed E-state index contributed by atoms with van der Waals surface area (Å²) in [7, 11) is 0. The van der Waals surface area contributed by atoms with E-state index in [0.717, 1.165) is 30.5 Å². The maximum absolute atomic E-state index is 11.8. The van der Waals surface area contributed by atoms with E-state index in [4.69, 9.17) is 4.99 Å². The minimum Gasteiger partial charge on any atom is -0.507 e. The molecule has 1 atom stereocenters. The molecule has 1 saturated heterocycles. The molecular weight excluding hydrogens is 350 g/mol. The minimum absolute atomic E-state index is 0.116. The second kappa shape index (κ2) is 7.40. The molecule has 0 aliphatic carbocycles. The van der Waals surface area contributed by atoms with E-state index in [1.165, 1.54) is 11.1 Å². The maximum Gasteiger partial charge on any atom is 0.219 e. The predicted molar refractivity (Wildman–Crippen MR) is 111 cm³/mol. The Morgan fingerprint density at radius 1 is 1.14 bits per heavy atom. The number of carbonyl (C=O) groups is 1. The van der Waals surface area contributed by atoms with Crippen molar-refractivity contribution in [3.05, 3.63) is 65.2 Å². The number of nitrogens with one attached hydrogen (secondary N) is 1. The number of aryl methyl sites for hydroxylation is 1. The lowest BCUT2D eigenvalue weighted by Gasteiger charge is -2.45. The van der Waals surface area contributed by atoms with Crippen LogP contribution in [0, 0.1) is 6.92 Å². The normalized spacial score (nSPS) is 21.4. The third-order valence-corrected chi connectivity index (χ3v) is 5.92. The van der Waals surface area contributed by atoms with Gasteiger partial charge in [0, 0.05) is 56.6 Å². The van der Waals surface area contributed by atoms with Gasteiger partial charge in [0.25, 0.3) is 0 Å². The minimum atomic E-state index is -0.405. The topological polar surface area (TPSA) is 64.9 Å². The number of piperidine rings is 1. The molecule has 5 nitrogen and oxygen atoms in total. The fraction of sp³-hybridized carbons (Fsp3) is 0.391.